The van der Waals surface area contributed by atoms with E-state index in [-0.39, 0.29) is 0 Å². The number of rotatable bonds is 4. The van der Waals surface area contributed by atoms with E-state index in [9.17, 15) is 0 Å². The number of hydrogen-bond acceptors (Lipinski definition) is 2. The zero-order chi connectivity index (χ0) is 10.1. The van der Waals surface area contributed by atoms with Crippen LogP contribution in [0.1, 0.15) is 56.7 Å². The van der Waals surface area contributed by atoms with Crippen LogP contribution in [0.4, 0.5) is 0 Å². The van der Waals surface area contributed by atoms with Crippen LogP contribution >= 0.6 is 11.6 Å². The third kappa shape index (κ3) is 1.65. The number of alkyl halides is 1. The van der Waals surface area contributed by atoms with E-state index in [0.29, 0.717) is 17.8 Å². The molecule has 0 bridgehead atoms. The summed E-state index contributed by atoms with van der Waals surface area (Å²) in [7, 11) is 0. The summed E-state index contributed by atoms with van der Waals surface area (Å²) in [6.45, 7) is 4.37. The molecule has 2 rings (SSSR count). The molecule has 1 atom stereocenters. The summed E-state index contributed by atoms with van der Waals surface area (Å²) in [4.78, 5) is 0. The summed E-state index contributed by atoms with van der Waals surface area (Å²) >= 11 is 5.84. The number of hydrogen-bond donors (Lipinski definition) is 0. The SMILES string of the molecule is CCC(C)c1nnc(CCl)n1C1CC1. The third-order valence-corrected chi connectivity index (χ3v) is 3.12. The standard InChI is InChI=1S/C10H16ClN3/c1-3-7(2)10-13-12-9(6-11)14(10)8-4-5-8/h7-8H,3-6H2,1-2H3. The second-order valence-electron chi connectivity index (χ2n) is 4.02. The number of nitrogens with zero attached hydrogens (tertiary/aromatic N) is 3. The molecule has 1 aliphatic rings. The van der Waals surface area contributed by atoms with Gasteiger partial charge in [-0.05, 0) is 19.3 Å². The molecule has 0 aromatic carbocycles. The van der Waals surface area contributed by atoms with Crippen LogP contribution in [0, 0.1) is 0 Å². The Kier molecular flexibility index (Phi) is 2.77. The van der Waals surface area contributed by atoms with Gasteiger partial charge >= 0.3 is 0 Å². The van der Waals surface area contributed by atoms with Gasteiger partial charge < -0.3 is 4.57 Å². The molecule has 3 nitrogen and oxygen atoms in total. The zero-order valence-electron chi connectivity index (χ0n) is 8.70. The Labute approximate surface area is 89.5 Å². The predicted molar refractivity (Wildman–Crippen MR) is 56.6 cm³/mol. The van der Waals surface area contributed by atoms with Crippen LogP contribution in [0.25, 0.3) is 0 Å². The average molecular weight is 214 g/mol. The van der Waals surface area contributed by atoms with Gasteiger partial charge in [-0.1, -0.05) is 13.8 Å². The van der Waals surface area contributed by atoms with Crippen molar-refractivity contribution in [2.45, 2.75) is 50.9 Å². The first kappa shape index (κ1) is 9.97. The van der Waals surface area contributed by atoms with Gasteiger partial charge in [0.2, 0.25) is 0 Å². The summed E-state index contributed by atoms with van der Waals surface area (Å²) < 4.78 is 2.25. The summed E-state index contributed by atoms with van der Waals surface area (Å²) in [5, 5.41) is 8.39. The minimum Gasteiger partial charge on any atom is -0.311 e. The molecule has 14 heavy (non-hydrogen) atoms. The Hall–Kier alpha value is -0.570. The smallest absolute Gasteiger partial charge is 0.148 e. The third-order valence-electron chi connectivity index (χ3n) is 2.88. The Morgan fingerprint density at radius 2 is 2.21 bits per heavy atom. The minimum absolute atomic E-state index is 0.472. The molecule has 0 N–H and O–H groups in total. The zero-order valence-corrected chi connectivity index (χ0v) is 9.46. The predicted octanol–water partition coefficient (Wildman–Crippen LogP) is 2.87. The Morgan fingerprint density at radius 1 is 1.50 bits per heavy atom. The number of aromatic nitrogens is 3. The Bertz CT molecular complexity index is 317. The van der Waals surface area contributed by atoms with Crippen LogP contribution < -0.4 is 0 Å². The van der Waals surface area contributed by atoms with Crippen molar-refractivity contribution in [2.24, 2.45) is 0 Å². The van der Waals surface area contributed by atoms with Crippen molar-refractivity contribution in [3.63, 3.8) is 0 Å². The molecule has 1 heterocycles. The van der Waals surface area contributed by atoms with Gasteiger partial charge in [0, 0.05) is 12.0 Å². The summed E-state index contributed by atoms with van der Waals surface area (Å²) in [5.74, 6) is 3.01. The van der Waals surface area contributed by atoms with Crippen molar-refractivity contribution in [3.8, 4) is 0 Å². The fourth-order valence-electron chi connectivity index (χ4n) is 1.68. The number of halogens is 1. The fourth-order valence-corrected chi connectivity index (χ4v) is 1.86. The quantitative estimate of drug-likeness (QED) is 0.721. The van der Waals surface area contributed by atoms with Crippen LogP contribution in [0.2, 0.25) is 0 Å². The largest absolute Gasteiger partial charge is 0.311 e. The maximum Gasteiger partial charge on any atom is 0.148 e. The van der Waals surface area contributed by atoms with E-state index in [4.69, 9.17) is 11.6 Å². The second kappa shape index (κ2) is 3.89. The molecule has 0 amide bonds. The molecule has 0 aliphatic heterocycles. The van der Waals surface area contributed by atoms with Crippen molar-refractivity contribution in [1.82, 2.24) is 14.8 Å². The summed E-state index contributed by atoms with van der Waals surface area (Å²) in [5.41, 5.74) is 0. The molecule has 0 spiro atoms. The van der Waals surface area contributed by atoms with Gasteiger partial charge in [-0.2, -0.15) is 0 Å². The van der Waals surface area contributed by atoms with Gasteiger partial charge in [0.15, 0.2) is 0 Å². The lowest BCUT2D eigenvalue weighted by Crippen LogP contribution is -2.07. The summed E-state index contributed by atoms with van der Waals surface area (Å²) in [6, 6.07) is 0.628. The lowest BCUT2D eigenvalue weighted by molar-refractivity contribution is 0.589. The fraction of sp³-hybridized carbons (Fsp3) is 0.800. The average Bonchev–Trinajstić information content (AvgIpc) is 2.96. The molecule has 1 saturated carbocycles. The molecule has 1 unspecified atom stereocenters. The van der Waals surface area contributed by atoms with Crippen LogP contribution in [-0.4, -0.2) is 14.8 Å². The van der Waals surface area contributed by atoms with E-state index in [1.54, 1.807) is 0 Å². The van der Waals surface area contributed by atoms with Crippen molar-refractivity contribution in [2.75, 3.05) is 0 Å². The van der Waals surface area contributed by atoms with Crippen LogP contribution in [-0.2, 0) is 5.88 Å². The van der Waals surface area contributed by atoms with Crippen LogP contribution in [0.3, 0.4) is 0 Å². The van der Waals surface area contributed by atoms with Gasteiger partial charge in [-0.15, -0.1) is 21.8 Å². The van der Waals surface area contributed by atoms with Gasteiger partial charge in [-0.25, -0.2) is 0 Å². The van der Waals surface area contributed by atoms with E-state index in [2.05, 4.69) is 28.6 Å². The van der Waals surface area contributed by atoms with E-state index in [1.807, 2.05) is 0 Å². The molecule has 4 heteroatoms. The van der Waals surface area contributed by atoms with E-state index in [0.717, 1.165) is 18.1 Å². The van der Waals surface area contributed by atoms with Gasteiger partial charge in [0.05, 0.1) is 5.88 Å². The van der Waals surface area contributed by atoms with Crippen LogP contribution in [0.15, 0.2) is 0 Å². The van der Waals surface area contributed by atoms with E-state index < -0.39 is 0 Å². The lowest BCUT2D eigenvalue weighted by Gasteiger charge is -2.11. The lowest BCUT2D eigenvalue weighted by atomic mass is 10.1. The second-order valence-corrected chi connectivity index (χ2v) is 4.29. The first-order valence-electron chi connectivity index (χ1n) is 5.27. The first-order valence-corrected chi connectivity index (χ1v) is 5.81. The normalized spacial score (nSPS) is 18.5. The van der Waals surface area contributed by atoms with Crippen molar-refractivity contribution < 1.29 is 0 Å². The molecule has 1 aliphatic carbocycles. The summed E-state index contributed by atoms with van der Waals surface area (Å²) in [6.07, 6.45) is 3.61. The molecular formula is C10H16ClN3. The highest BCUT2D eigenvalue weighted by molar-refractivity contribution is 6.16. The molecule has 0 radical (unpaired) electrons. The first-order chi connectivity index (χ1) is 6.77. The Balaban J connectivity index is 2.33. The Morgan fingerprint density at radius 3 is 2.71 bits per heavy atom. The highest BCUT2D eigenvalue weighted by atomic mass is 35.5. The van der Waals surface area contributed by atoms with Crippen molar-refractivity contribution in [3.05, 3.63) is 11.6 Å². The molecular weight excluding hydrogens is 198 g/mol. The van der Waals surface area contributed by atoms with Crippen LogP contribution in [0.5, 0.6) is 0 Å². The highest BCUT2D eigenvalue weighted by Gasteiger charge is 2.30. The maximum atomic E-state index is 5.84. The highest BCUT2D eigenvalue weighted by Crippen LogP contribution is 2.38. The minimum atomic E-state index is 0.472. The van der Waals surface area contributed by atoms with Gasteiger partial charge in [-0.3, -0.25) is 0 Å². The van der Waals surface area contributed by atoms with Crippen molar-refractivity contribution in [1.29, 1.82) is 0 Å². The van der Waals surface area contributed by atoms with Crippen molar-refractivity contribution >= 4 is 11.6 Å². The van der Waals surface area contributed by atoms with Gasteiger partial charge in [0.1, 0.15) is 11.6 Å². The van der Waals surface area contributed by atoms with E-state index >= 15 is 0 Å². The topological polar surface area (TPSA) is 30.7 Å². The monoisotopic (exact) mass is 213 g/mol. The molecule has 0 saturated heterocycles. The van der Waals surface area contributed by atoms with Gasteiger partial charge in [0.25, 0.3) is 0 Å². The molecule has 1 aromatic rings. The maximum absolute atomic E-state index is 5.84. The van der Waals surface area contributed by atoms with E-state index in [1.165, 1.54) is 12.8 Å². The molecule has 78 valence electrons. The molecule has 1 fully saturated rings. The molecule has 1 aromatic heterocycles.